The molecule has 1 aromatic heterocycles. The second-order valence-electron chi connectivity index (χ2n) is 9.54. The van der Waals surface area contributed by atoms with Crippen LogP contribution >= 0.6 is 0 Å². The monoisotopic (exact) mass is 525 g/mol. The lowest BCUT2D eigenvalue weighted by atomic mass is 9.84. The van der Waals surface area contributed by atoms with Crippen LogP contribution in [0.25, 0.3) is 0 Å². The molecule has 4 atom stereocenters. The average molecular weight is 526 g/mol. The SMILES string of the molecule is CCCC(CN)CC(CNC(=O)C(Cn1ccc(=O)c(O)c1)NC(=O)COCCOC)CC(CC)CN. The zero-order chi connectivity index (χ0) is 27.6. The van der Waals surface area contributed by atoms with Gasteiger partial charge in [-0.1, -0.05) is 26.7 Å². The summed E-state index contributed by atoms with van der Waals surface area (Å²) in [4.78, 5) is 37.3. The van der Waals surface area contributed by atoms with Gasteiger partial charge in [0.2, 0.25) is 17.2 Å². The van der Waals surface area contributed by atoms with Gasteiger partial charge in [-0.3, -0.25) is 14.4 Å². The molecular weight excluding hydrogens is 478 g/mol. The Morgan fingerprint density at radius 3 is 2.41 bits per heavy atom. The highest BCUT2D eigenvalue weighted by molar-refractivity contribution is 5.88. The molecule has 2 amide bonds. The number of nitrogens with two attached hydrogens (primary N) is 2. The average Bonchev–Trinajstić information content (AvgIpc) is 2.89. The fourth-order valence-corrected chi connectivity index (χ4v) is 4.32. The van der Waals surface area contributed by atoms with E-state index in [4.69, 9.17) is 20.9 Å². The number of carbonyl (C=O) groups is 2. The predicted molar refractivity (Wildman–Crippen MR) is 143 cm³/mol. The van der Waals surface area contributed by atoms with Crippen molar-refractivity contribution in [2.45, 2.75) is 58.5 Å². The van der Waals surface area contributed by atoms with E-state index in [1.807, 2.05) is 0 Å². The molecule has 1 aromatic rings. The number of methoxy groups -OCH3 is 1. The van der Waals surface area contributed by atoms with Gasteiger partial charge < -0.3 is 41.2 Å². The van der Waals surface area contributed by atoms with E-state index in [1.165, 1.54) is 30.1 Å². The summed E-state index contributed by atoms with van der Waals surface area (Å²) in [5, 5.41) is 15.5. The zero-order valence-corrected chi connectivity index (χ0v) is 22.6. The van der Waals surface area contributed by atoms with Crippen LogP contribution in [-0.2, 0) is 25.6 Å². The Hall–Kier alpha value is -2.47. The van der Waals surface area contributed by atoms with Gasteiger partial charge in [0, 0.05) is 32.1 Å². The number of nitrogens with one attached hydrogen (secondary N) is 2. The van der Waals surface area contributed by atoms with Crippen LogP contribution in [0.3, 0.4) is 0 Å². The lowest BCUT2D eigenvalue weighted by Crippen LogP contribution is -2.51. The molecule has 4 unspecified atom stereocenters. The maximum absolute atomic E-state index is 13.2. The predicted octanol–water partition coefficient (Wildman–Crippen LogP) is 0.574. The Labute approximate surface area is 220 Å². The fourth-order valence-electron chi connectivity index (χ4n) is 4.32. The van der Waals surface area contributed by atoms with Gasteiger partial charge in [-0.25, -0.2) is 0 Å². The first kappa shape index (κ1) is 32.6. The van der Waals surface area contributed by atoms with Gasteiger partial charge in [-0.15, -0.1) is 0 Å². The van der Waals surface area contributed by atoms with Crippen LogP contribution in [0.15, 0.2) is 23.3 Å². The van der Waals surface area contributed by atoms with Gasteiger partial charge in [0.25, 0.3) is 0 Å². The van der Waals surface area contributed by atoms with Crippen molar-refractivity contribution in [2.75, 3.05) is 46.6 Å². The van der Waals surface area contributed by atoms with Crippen LogP contribution in [0.5, 0.6) is 5.75 Å². The molecule has 11 heteroatoms. The Bertz CT molecular complexity index is 845. The van der Waals surface area contributed by atoms with E-state index in [1.54, 1.807) is 0 Å². The largest absolute Gasteiger partial charge is 0.503 e. The van der Waals surface area contributed by atoms with E-state index in [0.717, 1.165) is 32.1 Å². The Morgan fingerprint density at radius 1 is 1.11 bits per heavy atom. The quantitative estimate of drug-likeness (QED) is 0.154. The normalized spacial score (nSPS) is 14.5. The van der Waals surface area contributed by atoms with Crippen LogP contribution < -0.4 is 27.5 Å². The second-order valence-corrected chi connectivity index (χ2v) is 9.54. The van der Waals surface area contributed by atoms with E-state index < -0.39 is 23.1 Å². The van der Waals surface area contributed by atoms with Gasteiger partial charge in [0.15, 0.2) is 5.75 Å². The molecule has 7 N–H and O–H groups in total. The summed E-state index contributed by atoms with van der Waals surface area (Å²) < 4.78 is 11.7. The van der Waals surface area contributed by atoms with Crippen LogP contribution in [0.2, 0.25) is 0 Å². The minimum atomic E-state index is -0.946. The summed E-state index contributed by atoms with van der Waals surface area (Å²) >= 11 is 0. The molecule has 1 rings (SSSR count). The summed E-state index contributed by atoms with van der Waals surface area (Å²) in [6, 6.07) is 0.257. The second kappa shape index (κ2) is 18.7. The van der Waals surface area contributed by atoms with Gasteiger partial charge in [0.1, 0.15) is 12.6 Å². The minimum Gasteiger partial charge on any atom is -0.503 e. The highest BCUT2D eigenvalue weighted by atomic mass is 16.5. The highest BCUT2D eigenvalue weighted by Crippen LogP contribution is 2.23. The van der Waals surface area contributed by atoms with Crippen LogP contribution in [0, 0.1) is 17.8 Å². The van der Waals surface area contributed by atoms with E-state index in [2.05, 4.69) is 24.5 Å². The summed E-state index contributed by atoms with van der Waals surface area (Å²) in [7, 11) is 1.53. The summed E-state index contributed by atoms with van der Waals surface area (Å²) in [6.45, 7) is 6.24. The molecule has 0 bridgehead atoms. The molecule has 11 nitrogen and oxygen atoms in total. The lowest BCUT2D eigenvalue weighted by Gasteiger charge is -2.27. The maximum atomic E-state index is 13.2. The third-order valence-corrected chi connectivity index (χ3v) is 6.51. The van der Waals surface area contributed by atoms with Crippen molar-refractivity contribution < 1.29 is 24.2 Å². The van der Waals surface area contributed by atoms with Crippen LogP contribution in [0.1, 0.15) is 46.0 Å². The van der Waals surface area contributed by atoms with E-state index in [0.29, 0.717) is 38.1 Å². The molecule has 1 heterocycles. The summed E-state index contributed by atoms with van der Waals surface area (Å²) in [6.07, 6.45) is 7.48. The van der Waals surface area contributed by atoms with Crippen molar-refractivity contribution in [1.29, 1.82) is 0 Å². The van der Waals surface area contributed by atoms with Crippen molar-refractivity contribution in [3.8, 4) is 5.75 Å². The first-order chi connectivity index (χ1) is 17.8. The van der Waals surface area contributed by atoms with Crippen molar-refractivity contribution in [3.63, 3.8) is 0 Å². The number of rotatable bonds is 20. The van der Waals surface area contributed by atoms with Crippen LogP contribution in [0.4, 0.5) is 0 Å². The number of aromatic hydroxyl groups is 1. The molecule has 0 aliphatic heterocycles. The molecule has 0 saturated heterocycles. The van der Waals surface area contributed by atoms with Gasteiger partial charge in [-0.2, -0.15) is 0 Å². The number of pyridine rings is 1. The topological polar surface area (TPSA) is 171 Å². The van der Waals surface area contributed by atoms with Crippen molar-refractivity contribution >= 4 is 11.8 Å². The number of aromatic nitrogens is 1. The lowest BCUT2D eigenvalue weighted by molar-refractivity contribution is -0.132. The molecule has 0 aliphatic rings. The smallest absolute Gasteiger partial charge is 0.246 e. The molecule has 0 aromatic carbocycles. The molecule has 212 valence electrons. The molecule has 0 saturated carbocycles. The first-order valence-electron chi connectivity index (χ1n) is 13.2. The number of hydrogen-bond acceptors (Lipinski definition) is 8. The summed E-state index contributed by atoms with van der Waals surface area (Å²) in [5.74, 6) is -0.348. The Morgan fingerprint density at radius 2 is 1.81 bits per heavy atom. The van der Waals surface area contributed by atoms with Gasteiger partial charge in [-0.05, 0) is 50.1 Å². The van der Waals surface area contributed by atoms with Gasteiger partial charge in [0.05, 0.1) is 19.8 Å². The zero-order valence-electron chi connectivity index (χ0n) is 22.6. The minimum absolute atomic E-state index is 0.0236. The third-order valence-electron chi connectivity index (χ3n) is 6.51. The van der Waals surface area contributed by atoms with Crippen molar-refractivity contribution in [3.05, 3.63) is 28.7 Å². The summed E-state index contributed by atoms with van der Waals surface area (Å²) in [5.41, 5.74) is 11.4. The third kappa shape index (κ3) is 13.1. The number of carbonyl (C=O) groups excluding carboxylic acids is 2. The van der Waals surface area contributed by atoms with E-state index in [9.17, 15) is 19.5 Å². The number of amides is 2. The molecule has 0 aliphatic carbocycles. The number of hydrogen-bond donors (Lipinski definition) is 5. The highest BCUT2D eigenvalue weighted by Gasteiger charge is 2.24. The first-order valence-corrected chi connectivity index (χ1v) is 13.2. The molecule has 0 fully saturated rings. The standard InChI is InChI=1S/C26H47N5O6/c1-4-6-20(14-28)12-21(11-19(5-2)13-27)15-29-26(35)22(30-25(34)18-37-10-9-36-3)16-31-8-7-23(32)24(33)17-31/h7-8,17,19-22,33H,4-6,9-16,18,27-28H2,1-3H3,(H,29,35)(H,30,34). The molecular formula is C26H47N5O6. The number of nitrogens with zero attached hydrogens (tertiary/aromatic N) is 1. The Kier molecular flexibility index (Phi) is 16.5. The number of ether oxygens (including phenoxy) is 2. The molecule has 0 spiro atoms. The fraction of sp³-hybridized carbons (Fsp3) is 0.731. The Balaban J connectivity index is 2.95. The van der Waals surface area contributed by atoms with Crippen molar-refractivity contribution in [2.24, 2.45) is 29.2 Å². The maximum Gasteiger partial charge on any atom is 0.246 e. The molecule has 0 radical (unpaired) electrons. The molecule has 37 heavy (non-hydrogen) atoms. The van der Waals surface area contributed by atoms with Crippen LogP contribution in [-0.4, -0.2) is 74.1 Å². The van der Waals surface area contributed by atoms with E-state index in [-0.39, 0.29) is 31.6 Å². The van der Waals surface area contributed by atoms with Crippen molar-refractivity contribution in [1.82, 2.24) is 15.2 Å². The van der Waals surface area contributed by atoms with Gasteiger partial charge >= 0.3 is 0 Å². The van der Waals surface area contributed by atoms with E-state index >= 15 is 0 Å².